The van der Waals surface area contributed by atoms with Gasteiger partial charge in [-0.2, -0.15) is 0 Å². The maximum atomic E-state index is 6.05. The van der Waals surface area contributed by atoms with Crippen molar-refractivity contribution in [3.05, 3.63) is 28.1 Å². The maximum Gasteiger partial charge on any atom is 0.127 e. The minimum absolute atomic E-state index is 0.800. The molecule has 0 saturated carbocycles. The molecule has 13 heavy (non-hydrogen) atoms. The first-order valence-corrected chi connectivity index (χ1v) is 5.20. The SMILES string of the molecule is COc1ccc(Cl)c2scc(C)c12. The zero-order valence-corrected chi connectivity index (χ0v) is 9.00. The molecule has 3 heteroatoms. The molecular formula is C10H9ClOS. The van der Waals surface area contributed by atoms with Crippen LogP contribution in [0.2, 0.25) is 5.02 Å². The van der Waals surface area contributed by atoms with E-state index in [1.54, 1.807) is 18.4 Å². The number of thiophene rings is 1. The average molecular weight is 213 g/mol. The number of rotatable bonds is 1. The number of benzene rings is 1. The molecule has 68 valence electrons. The fourth-order valence-electron chi connectivity index (χ4n) is 1.40. The van der Waals surface area contributed by atoms with Gasteiger partial charge >= 0.3 is 0 Å². The molecule has 2 rings (SSSR count). The maximum absolute atomic E-state index is 6.05. The summed E-state index contributed by atoms with van der Waals surface area (Å²) in [6, 6.07) is 3.78. The van der Waals surface area contributed by atoms with Gasteiger partial charge in [-0.3, -0.25) is 0 Å². The molecule has 0 fully saturated rings. The first kappa shape index (κ1) is 8.85. The first-order chi connectivity index (χ1) is 6.24. The summed E-state index contributed by atoms with van der Waals surface area (Å²) in [6.07, 6.45) is 0. The molecule has 1 aromatic heterocycles. The molecule has 0 amide bonds. The summed E-state index contributed by atoms with van der Waals surface area (Å²) in [5.41, 5.74) is 1.22. The lowest BCUT2D eigenvalue weighted by molar-refractivity contribution is 0.420. The zero-order valence-electron chi connectivity index (χ0n) is 7.43. The molecule has 0 aliphatic carbocycles. The van der Waals surface area contributed by atoms with E-state index in [2.05, 4.69) is 12.3 Å². The molecule has 0 bridgehead atoms. The molecule has 0 radical (unpaired) electrons. The standard InChI is InChI=1S/C10H9ClOS/c1-6-5-13-10-7(11)3-4-8(12-2)9(6)10/h3-5H,1-2H3. The second-order valence-corrected chi connectivity index (χ2v) is 4.16. The highest BCUT2D eigenvalue weighted by Gasteiger charge is 2.09. The number of aryl methyl sites for hydroxylation is 1. The van der Waals surface area contributed by atoms with Gasteiger partial charge in [0.1, 0.15) is 5.75 Å². The minimum Gasteiger partial charge on any atom is -0.496 e. The van der Waals surface area contributed by atoms with Gasteiger partial charge in [-0.25, -0.2) is 0 Å². The van der Waals surface area contributed by atoms with Gasteiger partial charge < -0.3 is 4.74 Å². The monoisotopic (exact) mass is 212 g/mol. The van der Waals surface area contributed by atoms with E-state index in [0.717, 1.165) is 20.9 Å². The normalized spacial score (nSPS) is 10.7. The summed E-state index contributed by atoms with van der Waals surface area (Å²) in [5, 5.41) is 4.04. The van der Waals surface area contributed by atoms with E-state index in [1.807, 2.05) is 12.1 Å². The third-order valence-corrected chi connectivity index (χ3v) is 3.60. The Kier molecular flexibility index (Phi) is 2.18. The van der Waals surface area contributed by atoms with Crippen LogP contribution < -0.4 is 4.74 Å². The number of halogens is 1. The Morgan fingerprint density at radius 2 is 2.15 bits per heavy atom. The van der Waals surface area contributed by atoms with E-state index < -0.39 is 0 Å². The highest BCUT2D eigenvalue weighted by molar-refractivity contribution is 7.18. The van der Waals surface area contributed by atoms with Crippen LogP contribution in [0.3, 0.4) is 0 Å². The lowest BCUT2D eigenvalue weighted by atomic mass is 10.2. The van der Waals surface area contributed by atoms with E-state index in [9.17, 15) is 0 Å². The zero-order chi connectivity index (χ0) is 9.42. The Morgan fingerprint density at radius 1 is 1.38 bits per heavy atom. The molecule has 0 unspecified atom stereocenters. The van der Waals surface area contributed by atoms with Crippen molar-refractivity contribution in [2.45, 2.75) is 6.92 Å². The quantitative estimate of drug-likeness (QED) is 0.697. The van der Waals surface area contributed by atoms with Crippen molar-refractivity contribution >= 4 is 33.0 Å². The summed E-state index contributed by atoms with van der Waals surface area (Å²) in [4.78, 5) is 0. The Labute approximate surface area is 85.9 Å². The number of fused-ring (bicyclic) bond motifs is 1. The minimum atomic E-state index is 0.800. The van der Waals surface area contributed by atoms with Gasteiger partial charge in [-0.05, 0) is 30.0 Å². The van der Waals surface area contributed by atoms with Crippen LogP contribution >= 0.6 is 22.9 Å². The molecule has 1 nitrogen and oxygen atoms in total. The van der Waals surface area contributed by atoms with Gasteiger partial charge in [0.05, 0.1) is 16.8 Å². The van der Waals surface area contributed by atoms with E-state index in [1.165, 1.54) is 5.56 Å². The lowest BCUT2D eigenvalue weighted by Crippen LogP contribution is -1.83. The topological polar surface area (TPSA) is 9.23 Å². The molecule has 0 atom stereocenters. The van der Waals surface area contributed by atoms with Crippen LogP contribution in [0.1, 0.15) is 5.56 Å². The highest BCUT2D eigenvalue weighted by atomic mass is 35.5. The Balaban J connectivity index is 2.88. The summed E-state index contributed by atoms with van der Waals surface area (Å²) >= 11 is 7.71. The molecular weight excluding hydrogens is 204 g/mol. The van der Waals surface area contributed by atoms with Crippen LogP contribution in [-0.2, 0) is 0 Å². The molecule has 1 aromatic carbocycles. The number of ether oxygens (including phenoxy) is 1. The Morgan fingerprint density at radius 3 is 2.85 bits per heavy atom. The molecule has 0 aliphatic heterocycles. The van der Waals surface area contributed by atoms with Gasteiger partial charge in [0.2, 0.25) is 0 Å². The first-order valence-electron chi connectivity index (χ1n) is 3.94. The van der Waals surface area contributed by atoms with Crippen LogP contribution in [-0.4, -0.2) is 7.11 Å². The van der Waals surface area contributed by atoms with Crippen molar-refractivity contribution in [2.24, 2.45) is 0 Å². The van der Waals surface area contributed by atoms with Crippen LogP contribution in [0, 0.1) is 6.92 Å². The number of hydrogen-bond donors (Lipinski definition) is 0. The summed E-state index contributed by atoms with van der Waals surface area (Å²) in [7, 11) is 1.68. The van der Waals surface area contributed by atoms with Gasteiger partial charge in [-0.1, -0.05) is 11.6 Å². The third kappa shape index (κ3) is 1.30. The van der Waals surface area contributed by atoms with Crippen LogP contribution in [0.4, 0.5) is 0 Å². The van der Waals surface area contributed by atoms with Crippen LogP contribution in [0.15, 0.2) is 17.5 Å². The molecule has 0 saturated heterocycles. The van der Waals surface area contributed by atoms with Gasteiger partial charge in [0, 0.05) is 5.39 Å². The smallest absolute Gasteiger partial charge is 0.127 e. The molecule has 0 spiro atoms. The number of hydrogen-bond acceptors (Lipinski definition) is 2. The van der Waals surface area contributed by atoms with Crippen molar-refractivity contribution in [3.63, 3.8) is 0 Å². The molecule has 0 aliphatic rings. The second-order valence-electron chi connectivity index (χ2n) is 2.87. The lowest BCUT2D eigenvalue weighted by Gasteiger charge is -2.03. The molecule has 2 aromatic rings. The molecule has 1 heterocycles. The fraction of sp³-hybridized carbons (Fsp3) is 0.200. The van der Waals surface area contributed by atoms with E-state index in [0.29, 0.717) is 0 Å². The van der Waals surface area contributed by atoms with E-state index >= 15 is 0 Å². The predicted molar refractivity (Wildman–Crippen MR) is 58.1 cm³/mol. The predicted octanol–water partition coefficient (Wildman–Crippen LogP) is 3.87. The van der Waals surface area contributed by atoms with Crippen molar-refractivity contribution in [1.29, 1.82) is 0 Å². The summed E-state index contributed by atoms with van der Waals surface area (Å²) < 4.78 is 6.38. The Hall–Kier alpha value is -0.730. The molecule has 0 N–H and O–H groups in total. The van der Waals surface area contributed by atoms with Gasteiger partial charge in [0.15, 0.2) is 0 Å². The van der Waals surface area contributed by atoms with Crippen molar-refractivity contribution in [3.8, 4) is 5.75 Å². The third-order valence-electron chi connectivity index (χ3n) is 2.04. The summed E-state index contributed by atoms with van der Waals surface area (Å²) in [5.74, 6) is 0.901. The fourth-order valence-corrected chi connectivity index (χ4v) is 2.67. The van der Waals surface area contributed by atoms with Gasteiger partial charge in [-0.15, -0.1) is 11.3 Å². The highest BCUT2D eigenvalue weighted by Crippen LogP contribution is 2.37. The van der Waals surface area contributed by atoms with Crippen molar-refractivity contribution in [2.75, 3.05) is 7.11 Å². The van der Waals surface area contributed by atoms with Gasteiger partial charge in [0.25, 0.3) is 0 Å². The van der Waals surface area contributed by atoms with Crippen molar-refractivity contribution in [1.82, 2.24) is 0 Å². The average Bonchev–Trinajstić information content (AvgIpc) is 2.51. The Bertz CT molecular complexity index is 447. The largest absolute Gasteiger partial charge is 0.496 e. The second kappa shape index (κ2) is 3.20. The van der Waals surface area contributed by atoms with Crippen LogP contribution in [0.25, 0.3) is 10.1 Å². The van der Waals surface area contributed by atoms with Crippen LogP contribution in [0.5, 0.6) is 5.75 Å². The number of methoxy groups -OCH3 is 1. The summed E-state index contributed by atoms with van der Waals surface area (Å²) in [6.45, 7) is 2.07. The van der Waals surface area contributed by atoms with E-state index in [-0.39, 0.29) is 0 Å². The van der Waals surface area contributed by atoms with Crippen molar-refractivity contribution < 1.29 is 4.74 Å². The van der Waals surface area contributed by atoms with E-state index in [4.69, 9.17) is 16.3 Å².